The minimum Gasteiger partial charge on any atom is -0.371 e. The molecule has 0 saturated carbocycles. The van der Waals surface area contributed by atoms with E-state index in [2.05, 4.69) is 6.92 Å². The van der Waals surface area contributed by atoms with Crippen LogP contribution in [0.1, 0.15) is 103 Å². The van der Waals surface area contributed by atoms with Crippen molar-refractivity contribution < 1.29 is 45.3 Å². The van der Waals surface area contributed by atoms with Crippen LogP contribution < -0.4 is 10.6 Å². The molecule has 0 aromatic heterocycles. The number of carbonyl (C=O) groups is 2. The highest BCUT2D eigenvalue weighted by Crippen LogP contribution is 2.15. The van der Waals surface area contributed by atoms with Gasteiger partial charge >= 0.3 is 0 Å². The van der Waals surface area contributed by atoms with Crippen molar-refractivity contribution >= 4 is 11.8 Å². The molecule has 0 fully saturated rings. The van der Waals surface area contributed by atoms with Crippen LogP contribution in [0.25, 0.3) is 0 Å². The number of aliphatic hydroxyl groups is 7. The van der Waals surface area contributed by atoms with Crippen LogP contribution >= 0.6 is 0 Å². The van der Waals surface area contributed by atoms with Crippen molar-refractivity contribution in [3.63, 3.8) is 0 Å². The molecule has 0 aromatic rings. The Balaban J connectivity index is 4.31. The first kappa shape index (κ1) is 34.4. The lowest BCUT2D eigenvalue weighted by Crippen LogP contribution is -2.60. The Morgan fingerprint density at radius 2 is 0.944 bits per heavy atom. The third-order valence-electron chi connectivity index (χ3n) is 5.78. The van der Waals surface area contributed by atoms with Crippen LogP contribution in [0.4, 0.5) is 0 Å². The van der Waals surface area contributed by atoms with Crippen LogP contribution in [0.15, 0.2) is 12.2 Å². The first-order chi connectivity index (χ1) is 16.8. The van der Waals surface area contributed by atoms with E-state index >= 15 is 0 Å². The molecule has 2 amide bonds. The van der Waals surface area contributed by atoms with Crippen molar-refractivity contribution in [1.82, 2.24) is 10.6 Å². The van der Waals surface area contributed by atoms with Gasteiger partial charge in [0.15, 0.2) is 0 Å². The fourth-order valence-corrected chi connectivity index (χ4v) is 3.63. The summed E-state index contributed by atoms with van der Waals surface area (Å²) in [5.41, 5.74) is -2.76. The third-order valence-corrected chi connectivity index (χ3v) is 5.78. The Kier molecular flexibility index (Phi) is 17.8. The first-order valence-electron chi connectivity index (χ1n) is 13.1. The normalized spacial score (nSPS) is 12.8. The van der Waals surface area contributed by atoms with E-state index in [1.54, 1.807) is 6.08 Å². The maximum Gasteiger partial charge on any atom is 0.293 e. The second kappa shape index (κ2) is 18.6. The molecule has 0 aliphatic heterocycles. The van der Waals surface area contributed by atoms with Gasteiger partial charge < -0.3 is 46.4 Å². The molecule has 0 rings (SSSR count). The van der Waals surface area contributed by atoms with Gasteiger partial charge in [0.25, 0.3) is 23.8 Å². The van der Waals surface area contributed by atoms with Crippen molar-refractivity contribution in [2.24, 2.45) is 0 Å². The summed E-state index contributed by atoms with van der Waals surface area (Å²) >= 11 is 0. The molecule has 0 aromatic carbocycles. The van der Waals surface area contributed by atoms with Gasteiger partial charge in [-0.3, -0.25) is 9.59 Å². The molecule has 36 heavy (non-hydrogen) atoms. The van der Waals surface area contributed by atoms with Crippen LogP contribution in [0.3, 0.4) is 0 Å². The molecule has 9 N–H and O–H groups in total. The van der Waals surface area contributed by atoms with E-state index in [-0.39, 0.29) is 0 Å². The van der Waals surface area contributed by atoms with Gasteiger partial charge in [0, 0.05) is 6.42 Å². The van der Waals surface area contributed by atoms with Gasteiger partial charge in [-0.25, -0.2) is 0 Å². The first-order valence-corrected chi connectivity index (χ1v) is 13.1. The quantitative estimate of drug-likeness (QED) is 0.0425. The predicted octanol–water partition coefficient (Wildman–Crippen LogP) is 0.639. The molecule has 0 bridgehead atoms. The smallest absolute Gasteiger partial charge is 0.293 e. The molecule has 212 valence electrons. The lowest BCUT2D eigenvalue weighted by atomic mass is 9.96. The highest BCUT2D eigenvalue weighted by Gasteiger charge is 2.44. The molecule has 0 radical (unpaired) electrons. The van der Waals surface area contributed by atoms with Crippen LogP contribution in [0, 0.1) is 0 Å². The van der Waals surface area contributed by atoms with Gasteiger partial charge in [-0.1, -0.05) is 96.1 Å². The summed E-state index contributed by atoms with van der Waals surface area (Å²) in [7, 11) is 0. The molecule has 0 saturated heterocycles. The Morgan fingerprint density at radius 3 is 1.31 bits per heavy atom. The number of allylic oxidation sites excluding steroid dienone is 1. The summed E-state index contributed by atoms with van der Waals surface area (Å²) in [5.74, 6) is -9.22. The second-order valence-corrected chi connectivity index (χ2v) is 9.48. The third kappa shape index (κ3) is 18.6. The molecule has 11 heteroatoms. The lowest BCUT2D eigenvalue weighted by molar-refractivity contribution is -0.306. The van der Waals surface area contributed by atoms with Gasteiger partial charge in [0.05, 0.1) is 13.1 Å². The fraction of sp³-hybridized carbons (Fsp3) is 0.840. The van der Waals surface area contributed by atoms with Crippen LogP contribution in [-0.2, 0) is 9.59 Å². The zero-order valence-corrected chi connectivity index (χ0v) is 21.6. The number of unbranched alkanes of at least 4 members (excludes halogenated alkanes) is 13. The summed E-state index contributed by atoms with van der Waals surface area (Å²) in [6, 6.07) is 0. The molecular formula is C25H48N2O9. The molecule has 11 nitrogen and oxygen atoms in total. The highest BCUT2D eigenvalue weighted by atomic mass is 16.7. The number of nitrogens with one attached hydrogen (secondary N) is 2. The number of hydrogen-bond donors (Lipinski definition) is 9. The van der Waals surface area contributed by atoms with E-state index in [0.717, 1.165) is 19.3 Å². The predicted molar refractivity (Wildman–Crippen MR) is 134 cm³/mol. The van der Waals surface area contributed by atoms with Crippen LogP contribution in [0.5, 0.6) is 0 Å². The molecule has 0 heterocycles. The standard InChI is InChI=1S/C25H48N2O9/c1-2-3-4-5-6-7-8-9-10-11-12-13-14-15-16-17-18-23(30,21(28)26-19-24(31,32)33)22(29)27-20-25(34,35)36/h16-17,30-36H,2-15,18-20H2,1H3,(H,26,28)(H,27,29)/b17-16+. The average Bonchev–Trinajstić information content (AvgIpc) is 2.79. The lowest BCUT2D eigenvalue weighted by Gasteiger charge is -2.27. The monoisotopic (exact) mass is 520 g/mol. The summed E-state index contributed by atoms with van der Waals surface area (Å²) in [6.07, 6.45) is 19.3. The van der Waals surface area contributed by atoms with Crippen molar-refractivity contribution in [3.8, 4) is 0 Å². The minimum absolute atomic E-state index is 0.506. The number of carbonyl (C=O) groups excluding carboxylic acids is 2. The van der Waals surface area contributed by atoms with E-state index in [0.29, 0.717) is 6.42 Å². The van der Waals surface area contributed by atoms with Gasteiger partial charge in [-0.2, -0.15) is 0 Å². The zero-order valence-electron chi connectivity index (χ0n) is 21.6. The maximum atomic E-state index is 12.3. The Bertz CT molecular complexity index is 598. The summed E-state index contributed by atoms with van der Waals surface area (Å²) in [6.45, 7) is 0.0453. The molecule has 0 spiro atoms. The Morgan fingerprint density at radius 1 is 0.583 bits per heavy atom. The SMILES string of the molecule is CCCCCCCCCCCCCCC/C=C/CC(O)(C(=O)NCC(O)(O)O)C(=O)NCC(O)(O)O. The van der Waals surface area contributed by atoms with Crippen LogP contribution in [-0.4, -0.2) is 78.2 Å². The van der Waals surface area contributed by atoms with Crippen molar-refractivity contribution in [1.29, 1.82) is 0 Å². The molecular weight excluding hydrogens is 472 g/mol. The number of rotatable bonds is 22. The van der Waals surface area contributed by atoms with Crippen LogP contribution in [0.2, 0.25) is 0 Å². The van der Waals surface area contributed by atoms with Crippen molar-refractivity contribution in [3.05, 3.63) is 12.2 Å². The van der Waals surface area contributed by atoms with E-state index in [1.165, 1.54) is 70.3 Å². The van der Waals surface area contributed by atoms with E-state index in [1.807, 2.05) is 10.6 Å². The maximum absolute atomic E-state index is 12.3. The van der Waals surface area contributed by atoms with E-state index in [9.17, 15) is 14.7 Å². The molecule has 0 atom stereocenters. The van der Waals surface area contributed by atoms with Crippen molar-refractivity contribution in [2.45, 2.75) is 121 Å². The highest BCUT2D eigenvalue weighted by molar-refractivity contribution is 6.08. The fourth-order valence-electron chi connectivity index (χ4n) is 3.63. The second-order valence-electron chi connectivity index (χ2n) is 9.48. The summed E-state index contributed by atoms with van der Waals surface area (Å²) in [4.78, 5) is 24.6. The summed E-state index contributed by atoms with van der Waals surface area (Å²) in [5, 5.41) is 67.7. The van der Waals surface area contributed by atoms with E-state index < -0.39 is 48.9 Å². The van der Waals surface area contributed by atoms with Gasteiger partial charge in [0.1, 0.15) is 0 Å². The van der Waals surface area contributed by atoms with E-state index in [4.69, 9.17) is 30.6 Å². The number of amides is 2. The van der Waals surface area contributed by atoms with Crippen molar-refractivity contribution in [2.75, 3.05) is 13.1 Å². The average molecular weight is 521 g/mol. The Hall–Kier alpha value is -1.60. The van der Waals surface area contributed by atoms with Gasteiger partial charge in [-0.15, -0.1) is 0 Å². The minimum atomic E-state index is -3.26. The zero-order chi connectivity index (χ0) is 27.5. The number of hydrogen-bond acceptors (Lipinski definition) is 9. The largest absolute Gasteiger partial charge is 0.371 e. The van der Waals surface area contributed by atoms with Gasteiger partial charge in [-0.05, 0) is 12.8 Å². The topological polar surface area (TPSA) is 200 Å². The Labute approximate surface area is 214 Å². The molecule has 0 aliphatic carbocycles. The summed E-state index contributed by atoms with van der Waals surface area (Å²) < 4.78 is 0. The molecule has 0 aliphatic rings. The van der Waals surface area contributed by atoms with Gasteiger partial charge in [0.2, 0.25) is 5.60 Å². The molecule has 0 unspecified atom stereocenters.